The maximum atomic E-state index is 12.4. The SMILES string of the molecule is O=C(NCc1nnc2n1CCCCC2)c1ccc(-n2cccn2)cc1. The van der Waals surface area contributed by atoms with Crippen molar-refractivity contribution < 1.29 is 4.79 Å². The zero-order chi connectivity index (χ0) is 17.1. The molecule has 3 heterocycles. The molecule has 1 aliphatic heterocycles. The van der Waals surface area contributed by atoms with Gasteiger partial charge in [-0.3, -0.25) is 4.79 Å². The molecule has 0 atom stereocenters. The molecule has 0 radical (unpaired) electrons. The summed E-state index contributed by atoms with van der Waals surface area (Å²) in [7, 11) is 0. The topological polar surface area (TPSA) is 77.6 Å². The molecule has 2 aromatic heterocycles. The first-order valence-electron chi connectivity index (χ1n) is 8.60. The average molecular weight is 336 g/mol. The number of nitrogens with one attached hydrogen (secondary N) is 1. The Morgan fingerprint density at radius 2 is 2.00 bits per heavy atom. The standard InChI is InChI=1S/C18H20N6O/c25-18(14-6-8-15(9-7-14)24-12-4-10-20-24)19-13-17-22-21-16-5-2-1-3-11-23(16)17/h4,6-10,12H,1-3,5,11,13H2,(H,19,25). The minimum absolute atomic E-state index is 0.113. The van der Waals surface area contributed by atoms with Gasteiger partial charge in [0.05, 0.1) is 12.2 Å². The molecule has 3 aromatic rings. The van der Waals surface area contributed by atoms with Crippen molar-refractivity contribution in [3.8, 4) is 5.69 Å². The molecule has 1 amide bonds. The number of nitrogens with zero attached hydrogens (tertiary/aromatic N) is 5. The number of hydrogen-bond donors (Lipinski definition) is 1. The first-order valence-corrected chi connectivity index (χ1v) is 8.60. The van der Waals surface area contributed by atoms with Crippen LogP contribution in [0.1, 0.15) is 41.3 Å². The third-order valence-electron chi connectivity index (χ3n) is 4.49. The Kier molecular flexibility index (Phi) is 4.28. The van der Waals surface area contributed by atoms with Crippen molar-refractivity contribution in [1.29, 1.82) is 0 Å². The summed E-state index contributed by atoms with van der Waals surface area (Å²) < 4.78 is 3.90. The van der Waals surface area contributed by atoms with E-state index in [1.807, 2.05) is 24.4 Å². The van der Waals surface area contributed by atoms with E-state index < -0.39 is 0 Å². The molecule has 0 fully saturated rings. The molecule has 4 rings (SSSR count). The van der Waals surface area contributed by atoms with Gasteiger partial charge in [0.2, 0.25) is 0 Å². The lowest BCUT2D eigenvalue weighted by Crippen LogP contribution is -2.25. The minimum Gasteiger partial charge on any atom is -0.345 e. The van der Waals surface area contributed by atoms with Crippen molar-refractivity contribution >= 4 is 5.91 Å². The third kappa shape index (κ3) is 3.31. The van der Waals surface area contributed by atoms with E-state index >= 15 is 0 Å². The van der Waals surface area contributed by atoms with Gasteiger partial charge in [0, 0.05) is 30.9 Å². The summed E-state index contributed by atoms with van der Waals surface area (Å²) in [4.78, 5) is 12.4. The molecule has 0 aliphatic carbocycles. The predicted molar refractivity (Wildman–Crippen MR) is 92.3 cm³/mol. The summed E-state index contributed by atoms with van der Waals surface area (Å²) in [6.45, 7) is 1.33. The molecule has 0 saturated heterocycles. The molecular weight excluding hydrogens is 316 g/mol. The molecule has 7 nitrogen and oxygen atoms in total. The molecule has 128 valence electrons. The van der Waals surface area contributed by atoms with E-state index in [0.29, 0.717) is 12.1 Å². The average Bonchev–Trinajstić information content (AvgIpc) is 3.25. The Morgan fingerprint density at radius 3 is 2.80 bits per heavy atom. The predicted octanol–water partition coefficient (Wildman–Crippen LogP) is 2.12. The van der Waals surface area contributed by atoms with Crippen molar-refractivity contribution in [3.05, 3.63) is 59.9 Å². The summed E-state index contributed by atoms with van der Waals surface area (Å²) in [6, 6.07) is 9.23. The Balaban J connectivity index is 1.42. The molecule has 0 spiro atoms. The van der Waals surface area contributed by atoms with Crippen molar-refractivity contribution in [2.24, 2.45) is 0 Å². The summed E-state index contributed by atoms with van der Waals surface area (Å²) >= 11 is 0. The molecule has 0 bridgehead atoms. The van der Waals surface area contributed by atoms with E-state index in [9.17, 15) is 4.79 Å². The van der Waals surface area contributed by atoms with Gasteiger partial charge in [-0.05, 0) is 43.2 Å². The zero-order valence-electron chi connectivity index (χ0n) is 13.9. The number of fused-ring (bicyclic) bond motifs is 1. The van der Waals surface area contributed by atoms with Gasteiger partial charge in [-0.15, -0.1) is 10.2 Å². The highest BCUT2D eigenvalue weighted by molar-refractivity contribution is 5.94. The Labute approximate surface area is 145 Å². The summed E-state index contributed by atoms with van der Waals surface area (Å²) in [6.07, 6.45) is 8.08. The first kappa shape index (κ1) is 15.6. The number of rotatable bonds is 4. The van der Waals surface area contributed by atoms with Crippen molar-refractivity contribution in [2.75, 3.05) is 0 Å². The van der Waals surface area contributed by atoms with Crippen LogP contribution in [0.15, 0.2) is 42.7 Å². The molecule has 0 unspecified atom stereocenters. The van der Waals surface area contributed by atoms with Crippen LogP contribution in [-0.2, 0) is 19.5 Å². The molecule has 0 saturated carbocycles. The van der Waals surface area contributed by atoms with Crippen LogP contribution >= 0.6 is 0 Å². The van der Waals surface area contributed by atoms with Crippen molar-refractivity contribution in [3.63, 3.8) is 0 Å². The largest absolute Gasteiger partial charge is 0.345 e. The highest BCUT2D eigenvalue weighted by atomic mass is 16.1. The lowest BCUT2D eigenvalue weighted by atomic mass is 10.2. The number of carbonyl (C=O) groups is 1. The van der Waals surface area contributed by atoms with E-state index in [0.717, 1.165) is 43.1 Å². The van der Waals surface area contributed by atoms with E-state index in [2.05, 4.69) is 25.2 Å². The van der Waals surface area contributed by atoms with Gasteiger partial charge in [-0.25, -0.2) is 4.68 Å². The number of hydrogen-bond acceptors (Lipinski definition) is 4. The van der Waals surface area contributed by atoms with Gasteiger partial charge in [0.25, 0.3) is 5.91 Å². The van der Waals surface area contributed by atoms with E-state index in [-0.39, 0.29) is 5.91 Å². The van der Waals surface area contributed by atoms with Crippen LogP contribution in [0.2, 0.25) is 0 Å². The van der Waals surface area contributed by atoms with Crippen LogP contribution in [0.5, 0.6) is 0 Å². The third-order valence-corrected chi connectivity index (χ3v) is 4.49. The smallest absolute Gasteiger partial charge is 0.251 e. The molecule has 1 aromatic carbocycles. The van der Waals surface area contributed by atoms with E-state index in [1.165, 1.54) is 6.42 Å². The van der Waals surface area contributed by atoms with Crippen molar-refractivity contribution in [2.45, 2.75) is 38.8 Å². The van der Waals surface area contributed by atoms with Crippen LogP contribution in [0.25, 0.3) is 5.69 Å². The number of carbonyl (C=O) groups excluding carboxylic acids is 1. The maximum Gasteiger partial charge on any atom is 0.251 e. The van der Waals surface area contributed by atoms with E-state index in [4.69, 9.17) is 0 Å². The Morgan fingerprint density at radius 1 is 1.12 bits per heavy atom. The first-order chi connectivity index (χ1) is 12.3. The second-order valence-electron chi connectivity index (χ2n) is 6.17. The van der Waals surface area contributed by atoms with Gasteiger partial charge in [-0.1, -0.05) is 6.42 Å². The van der Waals surface area contributed by atoms with Crippen LogP contribution < -0.4 is 5.32 Å². The molecular formula is C18H20N6O. The molecule has 25 heavy (non-hydrogen) atoms. The number of benzene rings is 1. The normalized spacial score (nSPS) is 13.9. The van der Waals surface area contributed by atoms with Gasteiger partial charge < -0.3 is 9.88 Å². The fourth-order valence-electron chi connectivity index (χ4n) is 3.12. The summed E-state index contributed by atoms with van der Waals surface area (Å²) in [5, 5.41) is 15.6. The summed E-state index contributed by atoms with van der Waals surface area (Å²) in [5.41, 5.74) is 1.54. The number of aromatic nitrogens is 5. The fraction of sp³-hybridized carbons (Fsp3) is 0.333. The maximum absolute atomic E-state index is 12.4. The number of amides is 1. The second-order valence-corrected chi connectivity index (χ2v) is 6.17. The Hall–Kier alpha value is -2.96. The van der Waals surface area contributed by atoms with Crippen LogP contribution in [0.3, 0.4) is 0 Å². The Bertz CT molecular complexity index is 850. The highest BCUT2D eigenvalue weighted by Crippen LogP contribution is 2.14. The fourth-order valence-corrected chi connectivity index (χ4v) is 3.12. The molecule has 1 N–H and O–H groups in total. The summed E-state index contributed by atoms with van der Waals surface area (Å²) in [5.74, 6) is 1.75. The van der Waals surface area contributed by atoms with E-state index in [1.54, 1.807) is 23.0 Å². The number of aryl methyl sites for hydroxylation is 1. The highest BCUT2D eigenvalue weighted by Gasteiger charge is 2.15. The lowest BCUT2D eigenvalue weighted by molar-refractivity contribution is 0.0949. The van der Waals surface area contributed by atoms with Gasteiger partial charge in [0.1, 0.15) is 5.82 Å². The van der Waals surface area contributed by atoms with Gasteiger partial charge >= 0.3 is 0 Å². The quantitative estimate of drug-likeness (QED) is 0.792. The minimum atomic E-state index is -0.113. The monoisotopic (exact) mass is 336 g/mol. The van der Waals surface area contributed by atoms with Crippen LogP contribution in [0, 0.1) is 0 Å². The van der Waals surface area contributed by atoms with Gasteiger partial charge in [-0.2, -0.15) is 5.10 Å². The second kappa shape index (κ2) is 6.88. The zero-order valence-corrected chi connectivity index (χ0v) is 13.9. The molecule has 1 aliphatic rings. The van der Waals surface area contributed by atoms with Crippen LogP contribution in [0.4, 0.5) is 0 Å². The van der Waals surface area contributed by atoms with Crippen LogP contribution in [-0.4, -0.2) is 30.5 Å². The van der Waals surface area contributed by atoms with Crippen molar-refractivity contribution in [1.82, 2.24) is 29.9 Å². The molecule has 7 heteroatoms. The lowest BCUT2D eigenvalue weighted by Gasteiger charge is -2.09. The van der Waals surface area contributed by atoms with Gasteiger partial charge in [0.15, 0.2) is 5.82 Å².